The third-order valence-corrected chi connectivity index (χ3v) is 2.08. The second-order valence-electron chi connectivity index (χ2n) is 2.83. The van der Waals surface area contributed by atoms with Gasteiger partial charge in [0.2, 0.25) is 0 Å². The Hall–Kier alpha value is -1.84. The Kier molecular flexibility index (Phi) is 1.73. The van der Waals surface area contributed by atoms with Crippen molar-refractivity contribution in [3.63, 3.8) is 0 Å². The fraction of sp³-hybridized carbons (Fsp3) is 0.111. The van der Waals surface area contributed by atoms with Gasteiger partial charge in [0.25, 0.3) is 6.47 Å². The van der Waals surface area contributed by atoms with Crippen LogP contribution in [0.15, 0.2) is 18.2 Å². The van der Waals surface area contributed by atoms with Gasteiger partial charge in [-0.3, -0.25) is 9.89 Å². The molecule has 2 aromatic rings. The number of hydrogen-bond acceptors (Lipinski definition) is 2. The van der Waals surface area contributed by atoms with Crippen LogP contribution in [-0.2, 0) is 11.2 Å². The van der Waals surface area contributed by atoms with Crippen molar-refractivity contribution >= 4 is 17.4 Å². The smallest absolute Gasteiger partial charge is 0.290 e. The number of nitrogens with zero attached hydrogens (tertiary/aromatic N) is 1. The monoisotopic (exact) mass is 176 g/mol. The topological polar surface area (TPSA) is 66.0 Å². The normalized spacial score (nSPS) is 11.4. The average molecular weight is 176 g/mol. The summed E-state index contributed by atoms with van der Waals surface area (Å²) in [4.78, 5) is 8.36. The Balaban J connectivity index is 0.000000196. The molecule has 3 rings (SSSR count). The van der Waals surface area contributed by atoms with Crippen molar-refractivity contribution in [2.75, 3.05) is 0 Å². The molecule has 1 heterocycles. The summed E-state index contributed by atoms with van der Waals surface area (Å²) in [6.45, 7) is -0.250. The molecule has 0 aliphatic heterocycles. The Morgan fingerprint density at radius 3 is 3.08 bits per heavy atom. The molecule has 1 aliphatic carbocycles. The number of fused-ring (bicyclic) bond motifs is 1. The van der Waals surface area contributed by atoms with Crippen molar-refractivity contribution in [1.82, 2.24) is 10.2 Å². The molecule has 0 spiro atoms. The summed E-state index contributed by atoms with van der Waals surface area (Å²) < 4.78 is 0. The van der Waals surface area contributed by atoms with E-state index in [2.05, 4.69) is 28.4 Å². The molecule has 0 amide bonds. The number of benzene rings is 1. The van der Waals surface area contributed by atoms with Gasteiger partial charge in [0.05, 0.1) is 11.2 Å². The maximum Gasteiger partial charge on any atom is 0.290 e. The van der Waals surface area contributed by atoms with E-state index in [1.54, 1.807) is 0 Å². The molecule has 0 unspecified atom stereocenters. The van der Waals surface area contributed by atoms with Crippen LogP contribution < -0.4 is 0 Å². The van der Waals surface area contributed by atoms with Gasteiger partial charge in [0.1, 0.15) is 0 Å². The highest BCUT2D eigenvalue weighted by molar-refractivity contribution is 5.85. The Bertz CT molecular complexity index is 448. The van der Waals surface area contributed by atoms with Gasteiger partial charge in [-0.25, -0.2) is 0 Å². The highest BCUT2D eigenvalue weighted by Crippen LogP contribution is 2.26. The van der Waals surface area contributed by atoms with Crippen LogP contribution >= 0.6 is 0 Å². The molecular formula is C9H8N2O2. The van der Waals surface area contributed by atoms with Gasteiger partial charge in [-0.1, -0.05) is 6.07 Å². The summed E-state index contributed by atoms with van der Waals surface area (Å²) in [6.07, 6.45) is 1.02. The largest absolute Gasteiger partial charge is 0.483 e. The predicted molar refractivity (Wildman–Crippen MR) is 47.6 cm³/mol. The molecule has 4 nitrogen and oxygen atoms in total. The standard InChI is InChI=1S/C8H6N2.CH2O2/c1-2-7-6-3-5(1)4-8(6)10-9-7;2-1-3/h1-3H,4H2,(H,9,10);1H,(H,2,3). The SMILES string of the molecule is O=CO.c1cc2[nH]nc3c2cc1C3. The quantitative estimate of drug-likeness (QED) is 0.505. The highest BCUT2D eigenvalue weighted by atomic mass is 16.3. The van der Waals surface area contributed by atoms with Crippen LogP contribution in [0.1, 0.15) is 11.3 Å². The summed E-state index contributed by atoms with van der Waals surface area (Å²) >= 11 is 0. The Morgan fingerprint density at radius 1 is 1.54 bits per heavy atom. The molecule has 13 heavy (non-hydrogen) atoms. The molecule has 4 heteroatoms. The van der Waals surface area contributed by atoms with Gasteiger partial charge in [-0.05, 0) is 17.7 Å². The first-order valence-corrected chi connectivity index (χ1v) is 3.89. The molecule has 0 radical (unpaired) electrons. The van der Waals surface area contributed by atoms with E-state index in [4.69, 9.17) is 9.90 Å². The average Bonchev–Trinajstić information content (AvgIpc) is 2.57. The van der Waals surface area contributed by atoms with E-state index < -0.39 is 0 Å². The Labute approximate surface area is 74.2 Å². The summed E-state index contributed by atoms with van der Waals surface area (Å²) in [5.74, 6) is 0. The highest BCUT2D eigenvalue weighted by Gasteiger charge is 2.12. The lowest BCUT2D eigenvalue weighted by molar-refractivity contribution is -0.122. The van der Waals surface area contributed by atoms with Gasteiger partial charge < -0.3 is 5.11 Å². The molecule has 2 N–H and O–H groups in total. The molecule has 1 aliphatic rings. The number of carbonyl (C=O) groups is 1. The van der Waals surface area contributed by atoms with Crippen LogP contribution in [0, 0.1) is 0 Å². The van der Waals surface area contributed by atoms with Crippen LogP contribution in [0.3, 0.4) is 0 Å². The minimum absolute atomic E-state index is 0.250. The summed E-state index contributed by atoms with van der Waals surface area (Å²) in [5, 5.41) is 15.3. The van der Waals surface area contributed by atoms with E-state index in [-0.39, 0.29) is 6.47 Å². The predicted octanol–water partition coefficient (Wildman–Crippen LogP) is 1.17. The minimum Gasteiger partial charge on any atom is -0.483 e. The van der Waals surface area contributed by atoms with Gasteiger partial charge in [-0.2, -0.15) is 5.10 Å². The zero-order valence-corrected chi connectivity index (χ0v) is 6.82. The second-order valence-corrected chi connectivity index (χ2v) is 2.83. The van der Waals surface area contributed by atoms with E-state index in [9.17, 15) is 0 Å². The molecule has 0 saturated carbocycles. The van der Waals surface area contributed by atoms with Crippen LogP contribution in [0.5, 0.6) is 0 Å². The molecule has 1 aromatic carbocycles. The first-order valence-electron chi connectivity index (χ1n) is 3.89. The van der Waals surface area contributed by atoms with E-state index in [1.807, 2.05) is 0 Å². The van der Waals surface area contributed by atoms with E-state index >= 15 is 0 Å². The van der Waals surface area contributed by atoms with Gasteiger partial charge in [0, 0.05) is 11.8 Å². The second kappa shape index (κ2) is 2.90. The first kappa shape index (κ1) is 7.79. The van der Waals surface area contributed by atoms with E-state index in [0.29, 0.717) is 0 Å². The summed E-state index contributed by atoms with van der Waals surface area (Å²) in [5.41, 5.74) is 3.75. The van der Waals surface area contributed by atoms with Crippen molar-refractivity contribution in [3.05, 3.63) is 29.5 Å². The zero-order valence-electron chi connectivity index (χ0n) is 6.82. The maximum atomic E-state index is 8.36. The van der Waals surface area contributed by atoms with Crippen LogP contribution in [0.4, 0.5) is 0 Å². The van der Waals surface area contributed by atoms with Crippen molar-refractivity contribution in [2.45, 2.75) is 6.42 Å². The lowest BCUT2D eigenvalue weighted by Crippen LogP contribution is -1.82. The van der Waals surface area contributed by atoms with Gasteiger partial charge in [0.15, 0.2) is 0 Å². The van der Waals surface area contributed by atoms with Crippen LogP contribution in [0.2, 0.25) is 0 Å². The fourth-order valence-corrected chi connectivity index (χ4v) is 1.55. The zero-order chi connectivity index (χ0) is 9.26. The van der Waals surface area contributed by atoms with Crippen molar-refractivity contribution in [2.24, 2.45) is 0 Å². The first-order chi connectivity index (χ1) is 6.35. The molecule has 1 aromatic heterocycles. The lowest BCUT2D eigenvalue weighted by atomic mass is 10.2. The van der Waals surface area contributed by atoms with E-state index in [0.717, 1.165) is 11.9 Å². The third-order valence-electron chi connectivity index (χ3n) is 2.08. The Morgan fingerprint density at radius 2 is 2.31 bits per heavy atom. The number of carboxylic acid groups (broad SMARTS) is 1. The number of hydrogen-bond donors (Lipinski definition) is 2. The molecule has 0 atom stereocenters. The van der Waals surface area contributed by atoms with Crippen molar-refractivity contribution < 1.29 is 9.90 Å². The number of nitrogens with one attached hydrogen (secondary N) is 1. The van der Waals surface area contributed by atoms with E-state index in [1.165, 1.54) is 16.6 Å². The number of rotatable bonds is 0. The molecule has 2 bridgehead atoms. The number of H-pyrrole nitrogens is 1. The van der Waals surface area contributed by atoms with Crippen LogP contribution in [-0.4, -0.2) is 21.8 Å². The maximum absolute atomic E-state index is 8.36. The van der Waals surface area contributed by atoms with Gasteiger partial charge >= 0.3 is 0 Å². The van der Waals surface area contributed by atoms with Crippen LogP contribution in [0.25, 0.3) is 10.9 Å². The molecule has 0 saturated heterocycles. The lowest BCUT2D eigenvalue weighted by Gasteiger charge is -1.88. The third kappa shape index (κ3) is 1.16. The van der Waals surface area contributed by atoms with Gasteiger partial charge in [-0.15, -0.1) is 0 Å². The number of aromatic amines is 1. The molecule has 0 fully saturated rings. The van der Waals surface area contributed by atoms with Crippen molar-refractivity contribution in [1.29, 1.82) is 0 Å². The number of aromatic nitrogens is 2. The van der Waals surface area contributed by atoms with Crippen molar-refractivity contribution in [3.8, 4) is 0 Å². The molecular weight excluding hydrogens is 168 g/mol. The summed E-state index contributed by atoms with van der Waals surface area (Å²) in [7, 11) is 0. The minimum atomic E-state index is -0.250. The fourth-order valence-electron chi connectivity index (χ4n) is 1.55. The molecule has 66 valence electrons. The summed E-state index contributed by atoms with van der Waals surface area (Å²) in [6, 6.07) is 6.44.